The highest BCUT2D eigenvalue weighted by atomic mass is 35.5. The number of rotatable bonds is 0. The van der Waals surface area contributed by atoms with Gasteiger partial charge in [0.05, 0.1) is 0 Å². The highest BCUT2D eigenvalue weighted by Crippen LogP contribution is 2.30. The SMILES string of the molecule is C=C1OC(Cl)C(C)=C1C. The number of alkyl halides is 1. The van der Waals surface area contributed by atoms with Crippen molar-refractivity contribution in [3.8, 4) is 0 Å². The van der Waals surface area contributed by atoms with Gasteiger partial charge >= 0.3 is 0 Å². The van der Waals surface area contributed by atoms with Crippen LogP contribution in [0, 0.1) is 0 Å². The Morgan fingerprint density at radius 1 is 1.56 bits per heavy atom. The molecule has 2 heteroatoms. The molecule has 1 heterocycles. The van der Waals surface area contributed by atoms with E-state index in [9.17, 15) is 0 Å². The molecule has 0 aromatic heterocycles. The summed E-state index contributed by atoms with van der Waals surface area (Å²) in [6.45, 7) is 7.58. The first kappa shape index (κ1) is 6.69. The maximum absolute atomic E-state index is 5.71. The summed E-state index contributed by atoms with van der Waals surface area (Å²) in [4.78, 5) is 0. The molecule has 0 N–H and O–H groups in total. The van der Waals surface area contributed by atoms with Crippen LogP contribution in [0.2, 0.25) is 0 Å². The third-order valence-corrected chi connectivity index (χ3v) is 2.01. The Morgan fingerprint density at radius 3 is 2.22 bits per heavy atom. The van der Waals surface area contributed by atoms with Crippen molar-refractivity contribution in [2.75, 3.05) is 0 Å². The molecular formula is C7H9ClO. The minimum Gasteiger partial charge on any atom is -0.471 e. The van der Waals surface area contributed by atoms with Gasteiger partial charge in [0.25, 0.3) is 0 Å². The molecule has 50 valence electrons. The molecule has 1 unspecified atom stereocenters. The van der Waals surface area contributed by atoms with Gasteiger partial charge in [0.1, 0.15) is 5.76 Å². The zero-order valence-corrected chi connectivity index (χ0v) is 6.33. The van der Waals surface area contributed by atoms with E-state index in [1.54, 1.807) is 0 Å². The highest BCUT2D eigenvalue weighted by molar-refractivity contribution is 6.21. The maximum atomic E-state index is 5.71. The number of hydrogen-bond acceptors (Lipinski definition) is 1. The molecule has 0 saturated carbocycles. The largest absolute Gasteiger partial charge is 0.471 e. The van der Waals surface area contributed by atoms with Gasteiger partial charge in [-0.15, -0.1) is 0 Å². The average Bonchev–Trinajstić information content (AvgIpc) is 1.98. The molecule has 0 aromatic rings. The van der Waals surface area contributed by atoms with Crippen molar-refractivity contribution >= 4 is 11.6 Å². The molecule has 1 nitrogen and oxygen atoms in total. The normalized spacial score (nSPS) is 27.0. The van der Waals surface area contributed by atoms with Gasteiger partial charge in [-0.3, -0.25) is 0 Å². The molecule has 0 aliphatic carbocycles. The molecule has 1 aliphatic heterocycles. The van der Waals surface area contributed by atoms with Crippen LogP contribution in [0.3, 0.4) is 0 Å². The smallest absolute Gasteiger partial charge is 0.194 e. The maximum Gasteiger partial charge on any atom is 0.194 e. The number of allylic oxidation sites excluding steroid dienone is 1. The molecule has 1 atom stereocenters. The summed E-state index contributed by atoms with van der Waals surface area (Å²) >= 11 is 5.71. The molecule has 1 rings (SSSR count). The Kier molecular flexibility index (Phi) is 1.54. The summed E-state index contributed by atoms with van der Waals surface area (Å²) in [6.07, 6.45) is 0. The molecule has 0 fully saturated rings. The number of halogens is 1. The van der Waals surface area contributed by atoms with E-state index >= 15 is 0 Å². The predicted molar refractivity (Wildman–Crippen MR) is 38.2 cm³/mol. The molecule has 9 heavy (non-hydrogen) atoms. The Labute approximate surface area is 60.0 Å². The number of hydrogen-bond donors (Lipinski definition) is 0. The first-order valence-electron chi connectivity index (χ1n) is 2.80. The molecule has 0 spiro atoms. The summed E-state index contributed by atoms with van der Waals surface area (Å²) in [5.74, 6) is 0.701. The van der Waals surface area contributed by atoms with Gasteiger partial charge in [-0.05, 0) is 25.0 Å². The lowest BCUT2D eigenvalue weighted by Crippen LogP contribution is -1.95. The lowest BCUT2D eigenvalue weighted by atomic mass is 10.2. The fourth-order valence-electron chi connectivity index (χ4n) is 0.692. The van der Waals surface area contributed by atoms with Gasteiger partial charge < -0.3 is 4.74 Å². The van der Waals surface area contributed by atoms with Crippen molar-refractivity contribution in [1.29, 1.82) is 0 Å². The summed E-state index contributed by atoms with van der Waals surface area (Å²) in [6, 6.07) is 0. The van der Waals surface area contributed by atoms with Gasteiger partial charge in [0.15, 0.2) is 5.56 Å². The average molecular weight is 145 g/mol. The van der Waals surface area contributed by atoms with Crippen molar-refractivity contribution in [2.24, 2.45) is 0 Å². The van der Waals surface area contributed by atoms with Crippen LogP contribution in [-0.4, -0.2) is 5.56 Å². The molecular weight excluding hydrogens is 136 g/mol. The van der Waals surface area contributed by atoms with Crippen LogP contribution in [0.4, 0.5) is 0 Å². The summed E-state index contributed by atoms with van der Waals surface area (Å²) in [7, 11) is 0. The lowest BCUT2D eigenvalue weighted by Gasteiger charge is -2.01. The molecule has 0 aromatic carbocycles. The highest BCUT2D eigenvalue weighted by Gasteiger charge is 2.20. The minimum atomic E-state index is -0.280. The summed E-state index contributed by atoms with van der Waals surface area (Å²) in [5.41, 5.74) is 1.87. The second-order valence-electron chi connectivity index (χ2n) is 2.17. The fraction of sp³-hybridized carbons (Fsp3) is 0.429. The first-order valence-corrected chi connectivity index (χ1v) is 3.24. The fourth-order valence-corrected chi connectivity index (χ4v) is 0.963. The van der Waals surface area contributed by atoms with Gasteiger partial charge in [-0.1, -0.05) is 18.2 Å². The second kappa shape index (κ2) is 2.07. The van der Waals surface area contributed by atoms with E-state index in [0.29, 0.717) is 5.76 Å². The van der Waals surface area contributed by atoms with Crippen molar-refractivity contribution in [3.63, 3.8) is 0 Å². The van der Waals surface area contributed by atoms with Crippen molar-refractivity contribution in [3.05, 3.63) is 23.5 Å². The van der Waals surface area contributed by atoms with Crippen LogP contribution in [0.5, 0.6) is 0 Å². The molecule has 0 amide bonds. The zero-order chi connectivity index (χ0) is 7.02. The quantitative estimate of drug-likeness (QED) is 0.475. The zero-order valence-electron chi connectivity index (χ0n) is 5.57. The van der Waals surface area contributed by atoms with Crippen LogP contribution in [-0.2, 0) is 4.74 Å². The van der Waals surface area contributed by atoms with E-state index in [2.05, 4.69) is 6.58 Å². The van der Waals surface area contributed by atoms with Crippen LogP contribution < -0.4 is 0 Å². The third-order valence-electron chi connectivity index (χ3n) is 1.60. The van der Waals surface area contributed by atoms with Crippen LogP contribution in [0.1, 0.15) is 13.8 Å². The number of ether oxygens (including phenoxy) is 1. The molecule has 0 saturated heterocycles. The Balaban J connectivity index is 2.92. The van der Waals surface area contributed by atoms with Gasteiger partial charge in [-0.2, -0.15) is 0 Å². The van der Waals surface area contributed by atoms with E-state index in [-0.39, 0.29) is 5.56 Å². The van der Waals surface area contributed by atoms with E-state index in [1.807, 2.05) is 13.8 Å². The first-order chi connectivity index (χ1) is 4.13. The third kappa shape index (κ3) is 0.969. The Morgan fingerprint density at radius 2 is 2.11 bits per heavy atom. The predicted octanol–water partition coefficient (Wildman–Crippen LogP) is 2.43. The summed E-state index contributed by atoms with van der Waals surface area (Å²) < 4.78 is 5.08. The van der Waals surface area contributed by atoms with Crippen molar-refractivity contribution in [1.82, 2.24) is 0 Å². The van der Waals surface area contributed by atoms with Crippen LogP contribution >= 0.6 is 11.6 Å². The molecule has 0 radical (unpaired) electrons. The lowest BCUT2D eigenvalue weighted by molar-refractivity contribution is 0.239. The monoisotopic (exact) mass is 144 g/mol. The van der Waals surface area contributed by atoms with Crippen LogP contribution in [0.15, 0.2) is 23.5 Å². The topological polar surface area (TPSA) is 9.23 Å². The van der Waals surface area contributed by atoms with Crippen LogP contribution in [0.25, 0.3) is 0 Å². The Hall–Kier alpha value is -0.430. The molecule has 1 aliphatic rings. The molecule has 0 bridgehead atoms. The van der Waals surface area contributed by atoms with Crippen molar-refractivity contribution in [2.45, 2.75) is 19.4 Å². The van der Waals surface area contributed by atoms with E-state index < -0.39 is 0 Å². The summed E-state index contributed by atoms with van der Waals surface area (Å²) in [5, 5.41) is 0. The van der Waals surface area contributed by atoms with E-state index in [4.69, 9.17) is 16.3 Å². The minimum absolute atomic E-state index is 0.280. The second-order valence-corrected chi connectivity index (χ2v) is 2.56. The standard InChI is InChI=1S/C7H9ClO/c1-4-5(2)7(8)9-6(4)3/h7H,3H2,1-2H3. The van der Waals surface area contributed by atoms with Gasteiger partial charge in [-0.25, -0.2) is 0 Å². The van der Waals surface area contributed by atoms with Gasteiger partial charge in [0.2, 0.25) is 0 Å². The van der Waals surface area contributed by atoms with Crippen molar-refractivity contribution < 1.29 is 4.74 Å². The Bertz CT molecular complexity index is 181. The van der Waals surface area contributed by atoms with Gasteiger partial charge in [0, 0.05) is 0 Å². The van der Waals surface area contributed by atoms with E-state index in [0.717, 1.165) is 11.1 Å². The van der Waals surface area contributed by atoms with E-state index in [1.165, 1.54) is 0 Å².